The van der Waals surface area contributed by atoms with Gasteiger partial charge in [-0.2, -0.15) is 9.98 Å². The topological polar surface area (TPSA) is 118 Å². The van der Waals surface area contributed by atoms with Crippen LogP contribution in [0, 0.1) is 0 Å². The molecular formula is C18H14N4O4. The molecule has 8 nitrogen and oxygen atoms in total. The molecule has 0 aliphatic heterocycles. The minimum atomic E-state index is 0.470. The molecule has 0 aromatic heterocycles. The third-order valence-electron chi connectivity index (χ3n) is 3.13. The van der Waals surface area contributed by atoms with E-state index in [1.54, 1.807) is 36.4 Å². The Kier molecular flexibility index (Phi) is 9.84. The van der Waals surface area contributed by atoms with Crippen LogP contribution in [0.15, 0.2) is 56.4 Å². The summed E-state index contributed by atoms with van der Waals surface area (Å²) in [6, 6.07) is 10.5. The van der Waals surface area contributed by atoms with Gasteiger partial charge in [0.25, 0.3) is 0 Å². The predicted octanol–water partition coefficient (Wildman–Crippen LogP) is 3.21. The summed E-state index contributed by atoms with van der Waals surface area (Å²) in [6.45, 7) is 0.940. The number of hydrogen-bond acceptors (Lipinski definition) is 8. The molecule has 130 valence electrons. The SMILES string of the molecule is O=C=NCCCCN=C=O.O=C=Nc1cccc2c(N=C=O)cccc12. The Morgan fingerprint density at radius 2 is 1.04 bits per heavy atom. The van der Waals surface area contributed by atoms with E-state index in [9.17, 15) is 19.2 Å². The van der Waals surface area contributed by atoms with Crippen molar-refractivity contribution >= 4 is 46.5 Å². The van der Waals surface area contributed by atoms with Gasteiger partial charge in [0, 0.05) is 10.8 Å². The summed E-state index contributed by atoms with van der Waals surface area (Å²) < 4.78 is 0. The first kappa shape index (κ1) is 20.3. The van der Waals surface area contributed by atoms with Crippen LogP contribution < -0.4 is 0 Å². The fourth-order valence-electron chi connectivity index (χ4n) is 2.04. The van der Waals surface area contributed by atoms with Crippen molar-refractivity contribution in [1.29, 1.82) is 0 Å². The molecule has 0 bridgehead atoms. The number of carbonyl (C=O) groups excluding carboxylic acids is 4. The van der Waals surface area contributed by atoms with E-state index in [2.05, 4.69) is 20.0 Å². The van der Waals surface area contributed by atoms with Gasteiger partial charge in [0.05, 0.1) is 24.5 Å². The molecule has 0 saturated carbocycles. The predicted molar refractivity (Wildman–Crippen MR) is 94.7 cm³/mol. The van der Waals surface area contributed by atoms with Crippen LogP contribution in [0.1, 0.15) is 12.8 Å². The van der Waals surface area contributed by atoms with Gasteiger partial charge in [0.1, 0.15) is 0 Å². The van der Waals surface area contributed by atoms with E-state index in [1.807, 2.05) is 0 Å². The Labute approximate surface area is 148 Å². The van der Waals surface area contributed by atoms with Crippen LogP contribution in [0.5, 0.6) is 0 Å². The molecule has 0 radical (unpaired) electrons. The second kappa shape index (κ2) is 12.6. The zero-order valence-corrected chi connectivity index (χ0v) is 13.7. The average Bonchev–Trinajstić information content (AvgIpc) is 2.66. The monoisotopic (exact) mass is 350 g/mol. The highest BCUT2D eigenvalue weighted by Gasteiger charge is 2.03. The number of unbranched alkanes of at least 4 members (excludes halogenated alkanes) is 1. The summed E-state index contributed by atoms with van der Waals surface area (Å²) in [5, 5.41) is 1.50. The lowest BCUT2D eigenvalue weighted by Crippen LogP contribution is -1.84. The van der Waals surface area contributed by atoms with Gasteiger partial charge in [-0.05, 0) is 25.0 Å². The Balaban J connectivity index is 0.000000294. The third-order valence-corrected chi connectivity index (χ3v) is 3.13. The first-order valence-corrected chi connectivity index (χ1v) is 7.53. The number of hydrogen-bond donors (Lipinski definition) is 0. The fraction of sp³-hybridized carbons (Fsp3) is 0.222. The van der Waals surface area contributed by atoms with Gasteiger partial charge in [-0.25, -0.2) is 29.2 Å². The van der Waals surface area contributed by atoms with Gasteiger partial charge >= 0.3 is 0 Å². The lowest BCUT2D eigenvalue weighted by Gasteiger charge is -2.02. The fourth-order valence-corrected chi connectivity index (χ4v) is 2.04. The number of nitrogens with zero attached hydrogens (tertiary/aromatic N) is 4. The summed E-state index contributed by atoms with van der Waals surface area (Å²) in [7, 11) is 0. The van der Waals surface area contributed by atoms with Gasteiger partial charge in [-0.3, -0.25) is 0 Å². The summed E-state index contributed by atoms with van der Waals surface area (Å²) in [6.07, 6.45) is 7.37. The van der Waals surface area contributed by atoms with Gasteiger partial charge in [0.2, 0.25) is 24.3 Å². The zero-order valence-electron chi connectivity index (χ0n) is 13.7. The van der Waals surface area contributed by atoms with Crippen molar-refractivity contribution in [2.75, 3.05) is 13.1 Å². The Bertz CT molecular complexity index is 854. The lowest BCUT2D eigenvalue weighted by atomic mass is 10.1. The molecular weight excluding hydrogens is 336 g/mol. The molecule has 0 unspecified atom stereocenters. The van der Waals surface area contributed by atoms with E-state index in [4.69, 9.17) is 0 Å². The van der Waals surface area contributed by atoms with Crippen LogP contribution in [0.4, 0.5) is 11.4 Å². The highest BCUT2D eigenvalue weighted by atomic mass is 16.1. The van der Waals surface area contributed by atoms with Crippen molar-refractivity contribution in [3.05, 3.63) is 36.4 Å². The maximum Gasteiger partial charge on any atom is 0.240 e. The first-order valence-electron chi connectivity index (χ1n) is 7.53. The van der Waals surface area contributed by atoms with Crippen molar-refractivity contribution < 1.29 is 19.2 Å². The van der Waals surface area contributed by atoms with E-state index in [1.165, 1.54) is 24.3 Å². The maximum atomic E-state index is 10.3. The molecule has 0 aliphatic carbocycles. The molecule has 0 fully saturated rings. The number of isocyanates is 4. The van der Waals surface area contributed by atoms with E-state index >= 15 is 0 Å². The average molecular weight is 350 g/mol. The quantitative estimate of drug-likeness (QED) is 0.433. The Morgan fingerprint density at radius 3 is 1.38 bits per heavy atom. The second-order valence-corrected chi connectivity index (χ2v) is 4.71. The number of aliphatic imine (C=N–C) groups is 4. The van der Waals surface area contributed by atoms with Crippen LogP contribution in [0.25, 0.3) is 10.8 Å². The molecule has 2 aromatic carbocycles. The highest BCUT2D eigenvalue weighted by molar-refractivity contribution is 6.00. The molecule has 2 aromatic rings. The van der Waals surface area contributed by atoms with Crippen molar-refractivity contribution in [3.8, 4) is 0 Å². The third kappa shape index (κ3) is 6.77. The summed E-state index contributed by atoms with van der Waals surface area (Å²) in [5.74, 6) is 0. The van der Waals surface area contributed by atoms with E-state index in [-0.39, 0.29) is 0 Å². The molecule has 0 atom stereocenters. The largest absolute Gasteiger partial charge is 0.240 e. The van der Waals surface area contributed by atoms with E-state index < -0.39 is 0 Å². The van der Waals surface area contributed by atoms with Crippen LogP contribution in [0.2, 0.25) is 0 Å². The minimum absolute atomic E-state index is 0.470. The zero-order chi connectivity index (χ0) is 19.0. The lowest BCUT2D eigenvalue weighted by molar-refractivity contribution is 0.559. The maximum absolute atomic E-state index is 10.3. The van der Waals surface area contributed by atoms with Crippen LogP contribution in [-0.4, -0.2) is 37.4 Å². The highest BCUT2D eigenvalue weighted by Crippen LogP contribution is 2.31. The van der Waals surface area contributed by atoms with Crippen LogP contribution in [-0.2, 0) is 19.2 Å². The minimum Gasteiger partial charge on any atom is -0.211 e. The summed E-state index contributed by atoms with van der Waals surface area (Å²) >= 11 is 0. The number of rotatable bonds is 7. The standard InChI is InChI=1S/C12H6N2O2.C6H8N2O2/c15-7-13-11-5-1-3-9-10(11)4-2-6-12(9)14-8-16;9-5-7-3-1-2-4-8-6-10/h1-6H;1-4H2. The number of fused-ring (bicyclic) bond motifs is 1. The van der Waals surface area contributed by atoms with E-state index in [0.717, 1.165) is 23.6 Å². The molecule has 0 aliphatic rings. The van der Waals surface area contributed by atoms with Crippen molar-refractivity contribution in [2.45, 2.75) is 12.8 Å². The van der Waals surface area contributed by atoms with Gasteiger partial charge in [-0.1, -0.05) is 24.3 Å². The molecule has 26 heavy (non-hydrogen) atoms. The Hall–Kier alpha value is -3.78. The van der Waals surface area contributed by atoms with Crippen LogP contribution in [0.3, 0.4) is 0 Å². The Morgan fingerprint density at radius 1 is 0.615 bits per heavy atom. The second-order valence-electron chi connectivity index (χ2n) is 4.71. The first-order chi connectivity index (χ1) is 12.8. The van der Waals surface area contributed by atoms with Crippen molar-refractivity contribution in [1.82, 2.24) is 0 Å². The molecule has 0 saturated heterocycles. The summed E-state index contributed by atoms with van der Waals surface area (Å²) in [4.78, 5) is 53.4. The molecule has 0 N–H and O–H groups in total. The van der Waals surface area contributed by atoms with Crippen LogP contribution >= 0.6 is 0 Å². The van der Waals surface area contributed by atoms with Gasteiger partial charge < -0.3 is 0 Å². The molecule has 0 amide bonds. The van der Waals surface area contributed by atoms with Crippen molar-refractivity contribution in [3.63, 3.8) is 0 Å². The molecule has 8 heteroatoms. The molecule has 0 spiro atoms. The van der Waals surface area contributed by atoms with Gasteiger partial charge in [-0.15, -0.1) is 0 Å². The molecule has 2 rings (SSSR count). The summed E-state index contributed by atoms with van der Waals surface area (Å²) in [5.41, 5.74) is 1.02. The van der Waals surface area contributed by atoms with E-state index in [0.29, 0.717) is 24.5 Å². The smallest absolute Gasteiger partial charge is 0.211 e. The van der Waals surface area contributed by atoms with Gasteiger partial charge in [0.15, 0.2) is 0 Å². The normalized spacial score (nSPS) is 8.62. The van der Waals surface area contributed by atoms with Crippen molar-refractivity contribution in [2.24, 2.45) is 20.0 Å². The number of benzene rings is 2. The molecule has 0 heterocycles.